The van der Waals surface area contributed by atoms with E-state index >= 15 is 0 Å². The van der Waals surface area contributed by atoms with Gasteiger partial charge in [0.15, 0.2) is 5.78 Å². The number of Topliss-reactive ketones (excluding diaryl/α,β-unsaturated/α-hetero) is 2. The Bertz CT molecular complexity index is 988. The van der Waals surface area contributed by atoms with Gasteiger partial charge in [-0.05, 0) is 58.7 Å². The molecule has 1 heterocycles. The minimum Gasteiger partial charge on any atom is -0.468 e. The fourth-order valence-corrected chi connectivity index (χ4v) is 2.53. The molecule has 7 heteroatoms. The predicted octanol–water partition coefficient (Wildman–Crippen LogP) is 6.64. The molecule has 2 N–H and O–H groups in total. The van der Waals surface area contributed by atoms with Crippen molar-refractivity contribution in [2.24, 2.45) is 5.41 Å². The van der Waals surface area contributed by atoms with E-state index in [0.29, 0.717) is 5.56 Å². The fraction of sp³-hybridized carbons (Fsp3) is 0.545. The maximum atomic E-state index is 11.1. The normalized spacial score (nSPS) is 9.30. The molecule has 40 heavy (non-hydrogen) atoms. The number of unbranched alkanes of at least 4 members (excludes halogenated alkanes) is 1. The molecule has 7 nitrogen and oxygen atoms in total. The Balaban J connectivity index is -0.000000531. The molecule has 0 spiro atoms. The van der Waals surface area contributed by atoms with Crippen LogP contribution in [0.2, 0.25) is 0 Å². The van der Waals surface area contributed by atoms with Gasteiger partial charge in [-0.25, -0.2) is 0 Å². The molecule has 0 aliphatic rings. The zero-order valence-corrected chi connectivity index (χ0v) is 26.7. The van der Waals surface area contributed by atoms with Crippen molar-refractivity contribution in [1.82, 2.24) is 5.32 Å². The summed E-state index contributed by atoms with van der Waals surface area (Å²) in [5, 5.41) is 9.43. The van der Waals surface area contributed by atoms with Crippen molar-refractivity contribution in [3.8, 4) is 11.8 Å². The molecule has 1 amide bonds. The number of aliphatic hydroxyl groups excluding tert-OH is 1. The lowest BCUT2D eigenvalue weighted by molar-refractivity contribution is -0.138. The predicted molar refractivity (Wildman–Crippen MR) is 165 cm³/mol. The van der Waals surface area contributed by atoms with Gasteiger partial charge in [0, 0.05) is 44.9 Å². The van der Waals surface area contributed by atoms with Crippen molar-refractivity contribution < 1.29 is 28.6 Å². The smallest absolute Gasteiger partial charge is 0.232 e. The molecule has 0 saturated heterocycles. The molecule has 1 aromatic carbocycles. The number of nitrogens with one attached hydrogen (secondary N) is 1. The second kappa shape index (κ2) is 26.0. The van der Waals surface area contributed by atoms with Gasteiger partial charge in [0.05, 0.1) is 5.56 Å². The van der Waals surface area contributed by atoms with Crippen LogP contribution >= 0.6 is 0 Å². The average molecular weight is 560 g/mol. The van der Waals surface area contributed by atoms with Gasteiger partial charge in [-0.3, -0.25) is 14.4 Å². The topological polar surface area (TPSA) is 106 Å². The molecule has 0 bridgehead atoms. The number of hydrogen-bond donors (Lipinski definition) is 2. The third-order valence-electron chi connectivity index (χ3n) is 5.31. The average Bonchev–Trinajstić information content (AvgIpc) is 3.45. The molecule has 0 fully saturated rings. The van der Waals surface area contributed by atoms with E-state index in [2.05, 4.69) is 31.0 Å². The number of ketones is 2. The lowest BCUT2D eigenvalue weighted by atomic mass is 9.88. The first-order chi connectivity index (χ1) is 19.0. The van der Waals surface area contributed by atoms with Crippen LogP contribution in [0.1, 0.15) is 109 Å². The first-order valence-corrected chi connectivity index (χ1v) is 14.0. The van der Waals surface area contributed by atoms with Crippen LogP contribution in [0.5, 0.6) is 0 Å². The number of aliphatic hydroxyl groups is 1. The Kier molecular flexibility index (Phi) is 26.9. The minimum absolute atomic E-state index is 0.0666. The highest BCUT2D eigenvalue weighted by atomic mass is 16.5. The first-order valence-electron chi connectivity index (χ1n) is 14.0. The fourth-order valence-electron chi connectivity index (χ4n) is 2.53. The van der Waals surface area contributed by atoms with Gasteiger partial charge in [-0.1, -0.05) is 65.0 Å². The highest BCUT2D eigenvalue weighted by Gasteiger charge is 2.31. The molecule has 0 atom stereocenters. The van der Waals surface area contributed by atoms with Gasteiger partial charge in [0.25, 0.3) is 0 Å². The van der Waals surface area contributed by atoms with E-state index in [1.54, 1.807) is 39.2 Å². The van der Waals surface area contributed by atoms with Gasteiger partial charge in [0.1, 0.15) is 23.2 Å². The van der Waals surface area contributed by atoms with Gasteiger partial charge in [-0.2, -0.15) is 0 Å². The number of furan rings is 1. The summed E-state index contributed by atoms with van der Waals surface area (Å²) < 4.78 is 10.5. The number of carbonyl (C=O) groups is 3. The number of hydrogen-bond acceptors (Lipinski definition) is 6. The summed E-state index contributed by atoms with van der Waals surface area (Å²) in [5.41, 5.74) is 1.59. The number of ether oxygens (including phenoxy) is 1. The van der Waals surface area contributed by atoms with E-state index in [9.17, 15) is 14.4 Å². The molecule has 2 rings (SSSR count). The Labute approximate surface area is 243 Å². The van der Waals surface area contributed by atoms with Crippen molar-refractivity contribution >= 4 is 17.5 Å². The lowest BCUT2D eigenvalue weighted by Gasteiger charge is -2.17. The Morgan fingerprint density at radius 1 is 0.925 bits per heavy atom. The second-order valence-corrected chi connectivity index (χ2v) is 8.77. The molecule has 2 aromatic rings. The second-order valence-electron chi connectivity index (χ2n) is 8.77. The van der Waals surface area contributed by atoms with E-state index < -0.39 is 5.41 Å². The van der Waals surface area contributed by atoms with E-state index in [0.717, 1.165) is 50.1 Å². The maximum absolute atomic E-state index is 11.1. The lowest BCUT2D eigenvalue weighted by Crippen LogP contribution is -2.39. The van der Waals surface area contributed by atoms with Crippen molar-refractivity contribution in [2.75, 3.05) is 27.4 Å². The molecule has 1 aromatic heterocycles. The molecule has 226 valence electrons. The number of benzene rings is 1. The standard InChI is InChI=1S/C16H14O2.C7H13NO2.C7H16O.C2H6.CH4O/c1-3-16-10-14(11-18-16)5-4-13-6-8-15(9-7-13)12(2)17;1-5(9)7(2,3)6(10)8-4;1-3-5-7-8-6-4-2;2*1-2/h6-11H,3H2,1-2H3;1-4H3,(H,8,10);3-7H2,1-2H3;1-2H3;2H,1H3. The summed E-state index contributed by atoms with van der Waals surface area (Å²) in [6, 6.07) is 9.23. The molecule has 0 saturated carbocycles. The number of carbonyl (C=O) groups excluding carboxylic acids is 3. The largest absolute Gasteiger partial charge is 0.468 e. The Morgan fingerprint density at radius 3 is 1.85 bits per heavy atom. The van der Waals surface area contributed by atoms with E-state index in [4.69, 9.17) is 14.3 Å². The Morgan fingerprint density at radius 2 is 1.48 bits per heavy atom. The first kappa shape index (κ1) is 41.3. The number of rotatable bonds is 9. The molecule has 0 aliphatic carbocycles. The van der Waals surface area contributed by atoms with E-state index in [-0.39, 0.29) is 17.5 Å². The van der Waals surface area contributed by atoms with Crippen molar-refractivity contribution in [3.05, 3.63) is 59.0 Å². The van der Waals surface area contributed by atoms with Crippen LogP contribution in [-0.4, -0.2) is 50.0 Å². The quantitative estimate of drug-likeness (QED) is 0.154. The van der Waals surface area contributed by atoms with E-state index in [1.807, 2.05) is 39.0 Å². The minimum atomic E-state index is -0.880. The van der Waals surface area contributed by atoms with Crippen LogP contribution in [0, 0.1) is 17.3 Å². The maximum Gasteiger partial charge on any atom is 0.232 e. The van der Waals surface area contributed by atoms with Crippen LogP contribution in [0.4, 0.5) is 0 Å². The molecular weight excluding hydrogens is 506 g/mol. The van der Waals surface area contributed by atoms with E-state index in [1.165, 1.54) is 26.8 Å². The van der Waals surface area contributed by atoms with Crippen molar-refractivity contribution in [3.63, 3.8) is 0 Å². The Hall–Kier alpha value is -3.21. The van der Waals surface area contributed by atoms with Gasteiger partial charge in [-0.15, -0.1) is 0 Å². The van der Waals surface area contributed by atoms with Crippen LogP contribution < -0.4 is 5.32 Å². The van der Waals surface area contributed by atoms with Crippen LogP contribution in [0.15, 0.2) is 41.0 Å². The summed E-state index contributed by atoms with van der Waals surface area (Å²) in [6.45, 7) is 18.4. The van der Waals surface area contributed by atoms with Gasteiger partial charge >= 0.3 is 0 Å². The highest BCUT2D eigenvalue weighted by molar-refractivity contribution is 6.04. The number of aryl methyl sites for hydroxylation is 1. The van der Waals surface area contributed by atoms with Gasteiger partial charge < -0.3 is 19.6 Å². The third-order valence-corrected chi connectivity index (χ3v) is 5.31. The summed E-state index contributed by atoms with van der Waals surface area (Å²) in [4.78, 5) is 32.9. The van der Waals surface area contributed by atoms with Crippen LogP contribution in [-0.2, 0) is 20.7 Å². The summed E-state index contributed by atoms with van der Waals surface area (Å²) in [5.74, 6) is 6.73. The molecule has 0 aliphatic heterocycles. The van der Waals surface area contributed by atoms with Crippen molar-refractivity contribution in [2.45, 2.75) is 88.0 Å². The zero-order chi connectivity index (χ0) is 31.6. The molecule has 0 radical (unpaired) electrons. The molecule has 0 unspecified atom stereocenters. The summed E-state index contributed by atoms with van der Waals surface area (Å²) >= 11 is 0. The SMILES string of the molecule is CC.CCCCOCCC.CCc1cc(C#Cc2ccc(C(C)=O)cc2)co1.CNC(=O)C(C)(C)C(C)=O.CO. The van der Waals surface area contributed by atoms with Gasteiger partial charge in [0.2, 0.25) is 5.91 Å². The highest BCUT2D eigenvalue weighted by Crippen LogP contribution is 2.15. The third kappa shape index (κ3) is 18.9. The molecular formula is C33H53NO6. The summed E-state index contributed by atoms with van der Waals surface area (Å²) in [7, 11) is 2.52. The van der Waals surface area contributed by atoms with Crippen molar-refractivity contribution in [1.29, 1.82) is 0 Å². The zero-order valence-electron chi connectivity index (χ0n) is 26.7. The van der Waals surface area contributed by atoms with Crippen LogP contribution in [0.25, 0.3) is 0 Å². The number of amides is 1. The van der Waals surface area contributed by atoms with Crippen LogP contribution in [0.3, 0.4) is 0 Å². The summed E-state index contributed by atoms with van der Waals surface area (Å²) in [6.07, 6.45) is 6.12. The monoisotopic (exact) mass is 559 g/mol.